The Hall–Kier alpha value is -4.43. The van der Waals surface area contributed by atoms with Crippen LogP contribution in [0.15, 0.2) is 66.7 Å². The Balaban J connectivity index is 1.63. The van der Waals surface area contributed by atoms with Crippen molar-refractivity contribution in [3.8, 4) is 22.9 Å². The SMILES string of the molecule is N#Cc1ccc(-c2ccc(OC(F)(F)F)c(CN[C@H]3CCN(C(=O)C(N)=O)C[C@H]3c3ccccc3)c2)c(F)c1. The molecular formula is C28H24F4N4O3. The highest BCUT2D eigenvalue weighted by atomic mass is 19.4. The van der Waals surface area contributed by atoms with Crippen LogP contribution in [0, 0.1) is 17.1 Å². The Morgan fingerprint density at radius 1 is 1.10 bits per heavy atom. The number of halogens is 4. The summed E-state index contributed by atoms with van der Waals surface area (Å²) >= 11 is 0. The van der Waals surface area contributed by atoms with Crippen LogP contribution in [0.3, 0.4) is 0 Å². The zero-order valence-corrected chi connectivity index (χ0v) is 20.5. The predicted octanol–water partition coefficient (Wildman–Crippen LogP) is 4.22. The van der Waals surface area contributed by atoms with Gasteiger partial charge in [-0.3, -0.25) is 9.59 Å². The molecule has 2 amide bonds. The first-order valence-corrected chi connectivity index (χ1v) is 12.0. The third-order valence-corrected chi connectivity index (χ3v) is 6.59. The summed E-state index contributed by atoms with van der Waals surface area (Å²) in [6.45, 7) is 0.353. The van der Waals surface area contributed by atoms with Crippen LogP contribution in [-0.4, -0.2) is 42.2 Å². The van der Waals surface area contributed by atoms with Crippen molar-refractivity contribution in [2.24, 2.45) is 5.73 Å². The summed E-state index contributed by atoms with van der Waals surface area (Å²) in [5, 5.41) is 12.3. The monoisotopic (exact) mass is 540 g/mol. The largest absolute Gasteiger partial charge is 0.573 e. The number of benzene rings is 3. The highest BCUT2D eigenvalue weighted by Gasteiger charge is 2.35. The molecule has 202 valence electrons. The molecule has 7 nitrogen and oxygen atoms in total. The number of nitrogens with zero attached hydrogens (tertiary/aromatic N) is 2. The van der Waals surface area contributed by atoms with E-state index in [9.17, 15) is 27.2 Å². The van der Waals surface area contributed by atoms with Gasteiger partial charge in [-0.1, -0.05) is 42.5 Å². The molecule has 0 aromatic heterocycles. The van der Waals surface area contributed by atoms with Crippen molar-refractivity contribution in [2.75, 3.05) is 13.1 Å². The highest BCUT2D eigenvalue weighted by Crippen LogP contribution is 2.33. The average molecular weight is 541 g/mol. The van der Waals surface area contributed by atoms with Crippen LogP contribution in [0.25, 0.3) is 11.1 Å². The number of rotatable bonds is 6. The van der Waals surface area contributed by atoms with Crippen LogP contribution in [0.5, 0.6) is 5.75 Å². The first kappa shape index (κ1) is 27.6. The lowest BCUT2D eigenvalue weighted by Gasteiger charge is -2.39. The van der Waals surface area contributed by atoms with E-state index in [-0.39, 0.29) is 48.3 Å². The molecule has 3 aromatic carbocycles. The Bertz CT molecular complexity index is 1410. The average Bonchev–Trinajstić information content (AvgIpc) is 2.91. The van der Waals surface area contributed by atoms with E-state index in [1.807, 2.05) is 36.4 Å². The Morgan fingerprint density at radius 3 is 2.49 bits per heavy atom. The van der Waals surface area contributed by atoms with E-state index < -0.39 is 29.7 Å². The van der Waals surface area contributed by atoms with Crippen LogP contribution in [0.2, 0.25) is 0 Å². The van der Waals surface area contributed by atoms with Gasteiger partial charge in [0.15, 0.2) is 0 Å². The summed E-state index contributed by atoms with van der Waals surface area (Å²) in [5.41, 5.74) is 6.73. The van der Waals surface area contributed by atoms with Gasteiger partial charge in [-0.25, -0.2) is 4.39 Å². The molecule has 0 aliphatic carbocycles. The normalized spacial score (nSPS) is 17.4. The Labute approximate surface area is 221 Å². The van der Waals surface area contributed by atoms with E-state index in [1.54, 1.807) is 0 Å². The van der Waals surface area contributed by atoms with Crippen LogP contribution in [0.4, 0.5) is 17.6 Å². The number of hydrogen-bond donors (Lipinski definition) is 2. The van der Waals surface area contributed by atoms with Gasteiger partial charge >= 0.3 is 18.2 Å². The van der Waals surface area contributed by atoms with Gasteiger partial charge in [0.25, 0.3) is 0 Å². The fourth-order valence-corrected chi connectivity index (χ4v) is 4.74. The molecule has 11 heteroatoms. The number of amides is 2. The molecule has 0 saturated carbocycles. The van der Waals surface area contributed by atoms with Crippen LogP contribution in [-0.2, 0) is 16.1 Å². The van der Waals surface area contributed by atoms with E-state index in [1.165, 1.54) is 29.2 Å². The highest BCUT2D eigenvalue weighted by molar-refractivity contribution is 6.34. The minimum absolute atomic E-state index is 0.0606. The molecule has 39 heavy (non-hydrogen) atoms. The zero-order chi connectivity index (χ0) is 28.2. The van der Waals surface area contributed by atoms with Gasteiger partial charge in [0.1, 0.15) is 11.6 Å². The molecule has 3 N–H and O–H groups in total. The smallest absolute Gasteiger partial charge is 0.405 e. The summed E-state index contributed by atoms with van der Waals surface area (Å²) in [6.07, 6.45) is -4.54. The molecule has 3 aromatic rings. The number of nitrogens with two attached hydrogens (primary N) is 1. The number of likely N-dealkylation sites (tertiary alicyclic amines) is 1. The molecule has 1 fully saturated rings. The summed E-state index contributed by atoms with van der Waals surface area (Å²) in [7, 11) is 0. The third-order valence-electron chi connectivity index (χ3n) is 6.59. The second-order valence-electron chi connectivity index (χ2n) is 9.09. The number of hydrogen-bond acceptors (Lipinski definition) is 5. The van der Waals surface area contributed by atoms with Crippen molar-refractivity contribution in [2.45, 2.75) is 31.3 Å². The van der Waals surface area contributed by atoms with Crippen molar-refractivity contribution in [1.29, 1.82) is 5.26 Å². The fourth-order valence-electron chi connectivity index (χ4n) is 4.74. The maximum atomic E-state index is 14.7. The molecule has 1 heterocycles. The first-order valence-electron chi connectivity index (χ1n) is 12.0. The second kappa shape index (κ2) is 11.5. The lowest BCUT2D eigenvalue weighted by Crippen LogP contribution is -2.52. The molecular weight excluding hydrogens is 516 g/mol. The Kier molecular flexibility index (Phi) is 8.16. The quantitative estimate of drug-likeness (QED) is 0.360. The summed E-state index contributed by atoms with van der Waals surface area (Å²) in [5.74, 6) is -3.27. The van der Waals surface area contributed by atoms with Crippen LogP contribution in [0.1, 0.15) is 29.0 Å². The number of nitrogens with one attached hydrogen (secondary N) is 1. The van der Waals surface area contributed by atoms with Crippen molar-refractivity contribution < 1.29 is 31.9 Å². The number of alkyl halides is 3. The molecule has 0 bridgehead atoms. The van der Waals surface area contributed by atoms with E-state index in [0.29, 0.717) is 12.0 Å². The molecule has 0 unspecified atom stereocenters. The van der Waals surface area contributed by atoms with Gasteiger partial charge in [0, 0.05) is 42.7 Å². The van der Waals surface area contributed by atoms with Gasteiger partial charge in [-0.05, 0) is 41.8 Å². The van der Waals surface area contributed by atoms with Gasteiger partial charge in [0.05, 0.1) is 11.6 Å². The second-order valence-corrected chi connectivity index (χ2v) is 9.09. The standard InChI is InChI=1S/C28H24F4N4O3/c29-23-12-17(14-33)6-8-21(23)19-7-9-25(39-28(30,31)32)20(13-19)15-35-24-10-11-36(27(38)26(34)37)16-22(24)18-4-2-1-3-5-18/h1-9,12-13,22,24,35H,10-11,15-16H2,(H2,34,37)/t22-,24-/m0/s1. The van der Waals surface area contributed by atoms with Gasteiger partial charge in [-0.15, -0.1) is 13.2 Å². The van der Waals surface area contributed by atoms with Crippen molar-refractivity contribution in [3.63, 3.8) is 0 Å². The van der Waals surface area contributed by atoms with Gasteiger partial charge in [-0.2, -0.15) is 5.26 Å². The van der Waals surface area contributed by atoms with Crippen LogP contribution < -0.4 is 15.8 Å². The number of piperidine rings is 1. The molecule has 1 saturated heterocycles. The van der Waals surface area contributed by atoms with Gasteiger partial charge in [0.2, 0.25) is 0 Å². The summed E-state index contributed by atoms with van der Waals surface area (Å²) in [6, 6.07) is 18.5. The number of ether oxygens (including phenoxy) is 1. The minimum atomic E-state index is -4.94. The molecule has 0 radical (unpaired) electrons. The summed E-state index contributed by atoms with van der Waals surface area (Å²) < 4.78 is 58.3. The zero-order valence-electron chi connectivity index (χ0n) is 20.5. The van der Waals surface area contributed by atoms with E-state index in [0.717, 1.165) is 17.7 Å². The maximum absolute atomic E-state index is 14.7. The molecule has 1 aliphatic rings. The number of carbonyl (C=O) groups excluding carboxylic acids is 2. The van der Waals surface area contributed by atoms with Crippen molar-refractivity contribution >= 4 is 11.8 Å². The lowest BCUT2D eigenvalue weighted by molar-refractivity contribution is -0.274. The van der Waals surface area contributed by atoms with Crippen molar-refractivity contribution in [3.05, 3.63) is 89.2 Å². The molecule has 0 spiro atoms. The van der Waals surface area contributed by atoms with Gasteiger partial charge < -0.3 is 20.7 Å². The molecule has 4 rings (SSSR count). The third kappa shape index (κ3) is 6.72. The lowest BCUT2D eigenvalue weighted by atomic mass is 9.85. The van der Waals surface area contributed by atoms with E-state index in [2.05, 4.69) is 10.1 Å². The van der Waals surface area contributed by atoms with E-state index in [4.69, 9.17) is 11.0 Å². The molecule has 1 aliphatic heterocycles. The predicted molar refractivity (Wildman–Crippen MR) is 133 cm³/mol. The number of carbonyl (C=O) groups is 2. The van der Waals surface area contributed by atoms with E-state index >= 15 is 0 Å². The molecule has 2 atom stereocenters. The fraction of sp³-hybridized carbons (Fsp3) is 0.250. The van der Waals surface area contributed by atoms with Crippen molar-refractivity contribution in [1.82, 2.24) is 10.2 Å². The summed E-state index contributed by atoms with van der Waals surface area (Å²) in [4.78, 5) is 25.1. The van der Waals surface area contributed by atoms with Crippen LogP contribution >= 0.6 is 0 Å². The number of nitriles is 1. The maximum Gasteiger partial charge on any atom is 0.573 e. The number of primary amides is 1. The topological polar surface area (TPSA) is 108 Å². The first-order chi connectivity index (χ1) is 18.6. The Morgan fingerprint density at radius 2 is 1.85 bits per heavy atom. The minimum Gasteiger partial charge on any atom is -0.405 e.